The van der Waals surface area contributed by atoms with Crippen LogP contribution < -0.4 is 5.32 Å². The molecule has 0 unspecified atom stereocenters. The normalized spacial score (nSPS) is 19.1. The Hall–Kier alpha value is -2.29. The Labute approximate surface area is 176 Å². The number of halogens is 1. The van der Waals surface area contributed by atoms with Crippen LogP contribution in [-0.2, 0) is 31.5 Å². The molecule has 1 heterocycles. The van der Waals surface area contributed by atoms with Crippen molar-refractivity contribution in [3.8, 4) is 0 Å². The number of carbonyl (C=O) groups excluding carboxylic acids is 1. The van der Waals surface area contributed by atoms with Crippen LogP contribution in [-0.4, -0.2) is 44.9 Å². The summed E-state index contributed by atoms with van der Waals surface area (Å²) < 4.78 is 45.7. The highest BCUT2D eigenvalue weighted by Crippen LogP contribution is 2.44. The van der Waals surface area contributed by atoms with E-state index in [1.165, 1.54) is 16.4 Å². The molecule has 2 aliphatic rings. The second-order valence-corrected chi connectivity index (χ2v) is 9.73. The minimum atomic E-state index is -3.54. The van der Waals surface area contributed by atoms with Gasteiger partial charge in [-0.05, 0) is 48.2 Å². The van der Waals surface area contributed by atoms with Crippen LogP contribution in [0.3, 0.4) is 0 Å². The summed E-state index contributed by atoms with van der Waals surface area (Å²) in [5.74, 6) is -0.465. The Morgan fingerprint density at radius 1 is 1.10 bits per heavy atom. The SMILES string of the molecule is O=C(NCc1ccc(S(=O)(=O)N2CCOCC2)cc1)C1(c2cccc(F)c2)CCC1. The number of rotatable bonds is 6. The van der Waals surface area contributed by atoms with Crippen molar-refractivity contribution in [2.75, 3.05) is 26.3 Å². The van der Waals surface area contributed by atoms with Gasteiger partial charge in [-0.2, -0.15) is 4.31 Å². The average Bonchev–Trinajstić information content (AvgIpc) is 2.72. The lowest BCUT2D eigenvalue weighted by molar-refractivity contribution is -0.130. The van der Waals surface area contributed by atoms with Crippen LogP contribution in [0.1, 0.15) is 30.4 Å². The van der Waals surface area contributed by atoms with E-state index in [1.807, 2.05) is 0 Å². The lowest BCUT2D eigenvalue weighted by Crippen LogP contribution is -2.49. The monoisotopic (exact) mass is 432 g/mol. The number of sulfonamides is 1. The molecule has 0 aromatic heterocycles. The number of nitrogens with zero attached hydrogens (tertiary/aromatic N) is 1. The third kappa shape index (κ3) is 3.99. The molecule has 1 amide bonds. The lowest BCUT2D eigenvalue weighted by Gasteiger charge is -2.40. The second kappa shape index (κ2) is 8.45. The maximum absolute atomic E-state index is 13.6. The van der Waals surface area contributed by atoms with E-state index in [0.717, 1.165) is 12.0 Å². The number of amides is 1. The van der Waals surface area contributed by atoms with Gasteiger partial charge in [-0.25, -0.2) is 12.8 Å². The molecule has 4 rings (SSSR count). The van der Waals surface area contributed by atoms with Gasteiger partial charge in [0.25, 0.3) is 0 Å². The number of carbonyl (C=O) groups is 1. The van der Waals surface area contributed by atoms with Crippen molar-refractivity contribution in [2.45, 2.75) is 36.1 Å². The molecule has 1 aliphatic heterocycles. The first-order chi connectivity index (χ1) is 14.4. The standard InChI is InChI=1S/C22H25FN2O4S/c23-19-4-1-3-18(15-19)22(9-2-10-22)21(26)24-16-17-5-7-20(8-6-17)30(27,28)25-11-13-29-14-12-25/h1,3-8,15H,2,9-14,16H2,(H,24,26). The summed E-state index contributed by atoms with van der Waals surface area (Å²) in [6.45, 7) is 1.78. The zero-order valence-corrected chi connectivity index (χ0v) is 17.5. The number of hydrogen-bond acceptors (Lipinski definition) is 4. The fourth-order valence-electron chi connectivity index (χ4n) is 4.03. The fourth-order valence-corrected chi connectivity index (χ4v) is 5.44. The molecule has 0 spiro atoms. The molecule has 1 N–H and O–H groups in total. The van der Waals surface area contributed by atoms with Crippen LogP contribution in [0.5, 0.6) is 0 Å². The molecular weight excluding hydrogens is 407 g/mol. The van der Waals surface area contributed by atoms with Gasteiger partial charge in [-0.15, -0.1) is 0 Å². The van der Waals surface area contributed by atoms with E-state index < -0.39 is 15.4 Å². The zero-order valence-electron chi connectivity index (χ0n) is 16.6. The van der Waals surface area contributed by atoms with Gasteiger partial charge in [0.15, 0.2) is 0 Å². The first-order valence-electron chi connectivity index (χ1n) is 10.1. The van der Waals surface area contributed by atoms with E-state index >= 15 is 0 Å². The Bertz CT molecular complexity index is 1010. The van der Waals surface area contributed by atoms with Gasteiger partial charge in [0, 0.05) is 19.6 Å². The first kappa shape index (κ1) is 21.0. The summed E-state index contributed by atoms with van der Waals surface area (Å²) in [7, 11) is -3.54. The van der Waals surface area contributed by atoms with E-state index in [-0.39, 0.29) is 23.2 Å². The summed E-state index contributed by atoms with van der Waals surface area (Å²) in [4.78, 5) is 13.1. The highest BCUT2D eigenvalue weighted by Gasteiger charge is 2.45. The molecule has 8 heteroatoms. The van der Waals surface area contributed by atoms with Crippen molar-refractivity contribution >= 4 is 15.9 Å². The molecule has 6 nitrogen and oxygen atoms in total. The van der Waals surface area contributed by atoms with E-state index in [1.54, 1.807) is 36.4 Å². The van der Waals surface area contributed by atoms with Gasteiger partial charge in [-0.1, -0.05) is 30.7 Å². The number of ether oxygens (including phenoxy) is 1. The van der Waals surface area contributed by atoms with Crippen molar-refractivity contribution < 1.29 is 22.3 Å². The minimum Gasteiger partial charge on any atom is -0.379 e. The predicted octanol–water partition coefficient (Wildman–Crippen LogP) is 2.58. The average molecular weight is 433 g/mol. The highest BCUT2D eigenvalue weighted by atomic mass is 32.2. The maximum atomic E-state index is 13.6. The van der Waals surface area contributed by atoms with E-state index in [4.69, 9.17) is 4.74 Å². The van der Waals surface area contributed by atoms with Crippen LogP contribution in [0.25, 0.3) is 0 Å². The topological polar surface area (TPSA) is 75.7 Å². The summed E-state index contributed by atoms with van der Waals surface area (Å²) in [6.07, 6.45) is 2.32. The Morgan fingerprint density at radius 2 is 1.80 bits per heavy atom. The smallest absolute Gasteiger partial charge is 0.243 e. The van der Waals surface area contributed by atoms with Gasteiger partial charge >= 0.3 is 0 Å². The zero-order chi connectivity index (χ0) is 21.2. The van der Waals surface area contributed by atoms with Gasteiger partial charge in [0.05, 0.1) is 23.5 Å². The molecule has 0 radical (unpaired) electrons. The fraction of sp³-hybridized carbons (Fsp3) is 0.409. The number of nitrogens with one attached hydrogen (secondary N) is 1. The van der Waals surface area contributed by atoms with Crippen molar-refractivity contribution in [2.24, 2.45) is 0 Å². The molecular formula is C22H25FN2O4S. The molecule has 0 atom stereocenters. The number of benzene rings is 2. The summed E-state index contributed by atoms with van der Waals surface area (Å²) >= 11 is 0. The van der Waals surface area contributed by atoms with Crippen molar-refractivity contribution in [3.05, 3.63) is 65.5 Å². The van der Waals surface area contributed by atoms with Crippen molar-refractivity contribution in [1.29, 1.82) is 0 Å². The van der Waals surface area contributed by atoms with Crippen LogP contribution in [0.15, 0.2) is 53.4 Å². The molecule has 30 heavy (non-hydrogen) atoms. The third-order valence-corrected chi connectivity index (χ3v) is 7.92. The van der Waals surface area contributed by atoms with Crippen LogP contribution in [0.2, 0.25) is 0 Å². The van der Waals surface area contributed by atoms with Crippen LogP contribution in [0, 0.1) is 5.82 Å². The van der Waals surface area contributed by atoms with E-state index in [2.05, 4.69) is 5.32 Å². The second-order valence-electron chi connectivity index (χ2n) is 7.79. The molecule has 1 saturated heterocycles. The van der Waals surface area contributed by atoms with E-state index in [9.17, 15) is 17.6 Å². The van der Waals surface area contributed by atoms with Gasteiger partial charge in [0.2, 0.25) is 15.9 Å². The predicted molar refractivity (Wildman–Crippen MR) is 110 cm³/mol. The molecule has 2 fully saturated rings. The summed E-state index contributed by atoms with van der Waals surface area (Å²) in [6, 6.07) is 12.8. The molecule has 1 saturated carbocycles. The lowest BCUT2D eigenvalue weighted by atomic mass is 9.64. The minimum absolute atomic E-state index is 0.121. The van der Waals surface area contributed by atoms with Gasteiger partial charge in [0.1, 0.15) is 5.82 Å². The van der Waals surface area contributed by atoms with Gasteiger partial charge in [-0.3, -0.25) is 4.79 Å². The largest absolute Gasteiger partial charge is 0.379 e. The van der Waals surface area contributed by atoms with Crippen molar-refractivity contribution in [3.63, 3.8) is 0 Å². The Balaban J connectivity index is 1.42. The molecule has 2 aromatic carbocycles. The third-order valence-electron chi connectivity index (χ3n) is 6.00. The number of morpholine rings is 1. The van der Waals surface area contributed by atoms with Crippen LogP contribution >= 0.6 is 0 Å². The number of hydrogen-bond donors (Lipinski definition) is 1. The first-order valence-corrected chi connectivity index (χ1v) is 11.6. The maximum Gasteiger partial charge on any atom is 0.243 e. The van der Waals surface area contributed by atoms with E-state index in [0.29, 0.717) is 44.7 Å². The highest BCUT2D eigenvalue weighted by molar-refractivity contribution is 7.89. The quantitative estimate of drug-likeness (QED) is 0.761. The Morgan fingerprint density at radius 3 is 2.40 bits per heavy atom. The van der Waals surface area contributed by atoms with Crippen LogP contribution in [0.4, 0.5) is 4.39 Å². The molecule has 0 bridgehead atoms. The molecule has 1 aliphatic carbocycles. The molecule has 2 aromatic rings. The van der Waals surface area contributed by atoms with Crippen molar-refractivity contribution in [1.82, 2.24) is 9.62 Å². The summed E-state index contributed by atoms with van der Waals surface area (Å²) in [5.41, 5.74) is 0.832. The molecule has 160 valence electrons. The summed E-state index contributed by atoms with van der Waals surface area (Å²) in [5, 5.41) is 2.94. The van der Waals surface area contributed by atoms with Gasteiger partial charge < -0.3 is 10.1 Å². The Kier molecular flexibility index (Phi) is 5.90.